The van der Waals surface area contributed by atoms with Crippen LogP contribution < -0.4 is 10.6 Å². The van der Waals surface area contributed by atoms with E-state index in [1.165, 1.54) is 43.2 Å². The zero-order valence-corrected chi connectivity index (χ0v) is 14.9. The van der Waals surface area contributed by atoms with Gasteiger partial charge in [0.2, 0.25) is 0 Å². The minimum atomic E-state index is 0.520. The highest BCUT2D eigenvalue weighted by Gasteiger charge is 2.17. The van der Waals surface area contributed by atoms with Crippen LogP contribution in [0.25, 0.3) is 16.9 Å². The number of hydrogen-bond donors (Lipinski definition) is 2. The van der Waals surface area contributed by atoms with Gasteiger partial charge in [-0.1, -0.05) is 43.5 Å². The topological polar surface area (TPSA) is 54.2 Å². The molecule has 0 unspecified atom stereocenters. The maximum Gasteiger partial charge on any atom is 0.181 e. The molecule has 1 fully saturated rings. The van der Waals surface area contributed by atoms with Gasteiger partial charge >= 0.3 is 0 Å². The van der Waals surface area contributed by atoms with E-state index < -0.39 is 0 Å². The molecule has 0 aliphatic heterocycles. The SMILES string of the molecule is CNc1cnn2c(NC3CCCCC3)cc(-c3ccccc3C)nc12. The number of nitrogens with zero attached hydrogens (tertiary/aromatic N) is 3. The van der Waals surface area contributed by atoms with Gasteiger partial charge in [0.1, 0.15) is 5.82 Å². The van der Waals surface area contributed by atoms with Gasteiger partial charge in [0.15, 0.2) is 5.65 Å². The third-order valence-corrected chi connectivity index (χ3v) is 5.12. The summed E-state index contributed by atoms with van der Waals surface area (Å²) < 4.78 is 1.92. The minimum absolute atomic E-state index is 0.520. The van der Waals surface area contributed by atoms with E-state index in [1.54, 1.807) is 0 Å². The fraction of sp³-hybridized carbons (Fsp3) is 0.400. The van der Waals surface area contributed by atoms with Crippen LogP contribution in [-0.4, -0.2) is 27.7 Å². The molecule has 130 valence electrons. The largest absolute Gasteiger partial charge is 0.384 e. The third kappa shape index (κ3) is 3.06. The van der Waals surface area contributed by atoms with Gasteiger partial charge in [0.05, 0.1) is 17.6 Å². The molecule has 0 bridgehead atoms. The summed E-state index contributed by atoms with van der Waals surface area (Å²) >= 11 is 0. The van der Waals surface area contributed by atoms with Gasteiger partial charge in [-0.3, -0.25) is 0 Å². The zero-order chi connectivity index (χ0) is 17.2. The van der Waals surface area contributed by atoms with Crippen LogP contribution in [-0.2, 0) is 0 Å². The Morgan fingerprint density at radius 3 is 2.68 bits per heavy atom. The van der Waals surface area contributed by atoms with E-state index in [0.717, 1.165) is 22.8 Å². The molecule has 0 spiro atoms. The van der Waals surface area contributed by atoms with Crippen molar-refractivity contribution in [1.29, 1.82) is 0 Å². The standard InChI is InChI=1S/C20H25N5/c1-14-8-6-7-11-16(14)17-12-19(23-15-9-4-3-5-10-15)25-20(24-17)18(21-2)13-22-25/h6-8,11-13,15,21,23H,3-5,9-10H2,1-2H3. The van der Waals surface area contributed by atoms with Gasteiger partial charge in [-0.05, 0) is 25.3 Å². The van der Waals surface area contributed by atoms with Crippen LogP contribution in [0.4, 0.5) is 11.5 Å². The number of fused-ring (bicyclic) bond motifs is 1. The summed E-state index contributed by atoms with van der Waals surface area (Å²) in [4.78, 5) is 4.89. The second-order valence-corrected chi connectivity index (χ2v) is 6.86. The molecular formula is C20H25N5. The monoisotopic (exact) mass is 335 g/mol. The fourth-order valence-electron chi connectivity index (χ4n) is 3.70. The number of nitrogens with one attached hydrogen (secondary N) is 2. The van der Waals surface area contributed by atoms with Crippen molar-refractivity contribution in [2.45, 2.75) is 45.1 Å². The predicted molar refractivity (Wildman–Crippen MR) is 103 cm³/mol. The first kappa shape index (κ1) is 15.9. The highest BCUT2D eigenvalue weighted by molar-refractivity contribution is 5.75. The van der Waals surface area contributed by atoms with Crippen molar-refractivity contribution in [2.75, 3.05) is 17.7 Å². The quantitative estimate of drug-likeness (QED) is 0.737. The number of anilines is 2. The lowest BCUT2D eigenvalue weighted by Gasteiger charge is -2.24. The Kier molecular flexibility index (Phi) is 4.30. The van der Waals surface area contributed by atoms with E-state index in [9.17, 15) is 0 Å². The second kappa shape index (κ2) is 6.75. The molecule has 0 radical (unpaired) electrons. The van der Waals surface area contributed by atoms with Crippen molar-refractivity contribution in [2.24, 2.45) is 0 Å². The average molecular weight is 335 g/mol. The first-order valence-corrected chi connectivity index (χ1v) is 9.15. The van der Waals surface area contributed by atoms with Crippen LogP contribution in [0.2, 0.25) is 0 Å². The number of benzene rings is 1. The smallest absolute Gasteiger partial charge is 0.181 e. The summed E-state index contributed by atoms with van der Waals surface area (Å²) in [6.45, 7) is 2.13. The second-order valence-electron chi connectivity index (χ2n) is 6.86. The molecule has 2 aromatic heterocycles. The highest BCUT2D eigenvalue weighted by Crippen LogP contribution is 2.29. The maximum absolute atomic E-state index is 4.89. The van der Waals surface area contributed by atoms with Crippen LogP contribution in [0, 0.1) is 6.92 Å². The van der Waals surface area contributed by atoms with E-state index in [1.807, 2.05) is 17.8 Å². The molecule has 0 saturated heterocycles. The molecule has 1 saturated carbocycles. The molecule has 3 aromatic rings. The molecule has 2 N–H and O–H groups in total. The van der Waals surface area contributed by atoms with Gasteiger partial charge in [-0.25, -0.2) is 4.98 Å². The Labute approximate surface area is 148 Å². The first-order valence-electron chi connectivity index (χ1n) is 9.15. The van der Waals surface area contributed by atoms with Crippen LogP contribution in [0.15, 0.2) is 36.5 Å². The van der Waals surface area contributed by atoms with Gasteiger partial charge in [0, 0.05) is 24.7 Å². The Hall–Kier alpha value is -2.56. The molecule has 0 amide bonds. The van der Waals surface area contributed by atoms with Crippen LogP contribution in [0.1, 0.15) is 37.7 Å². The molecule has 1 aliphatic rings. The minimum Gasteiger partial charge on any atom is -0.384 e. The van der Waals surface area contributed by atoms with Crippen LogP contribution in [0.3, 0.4) is 0 Å². The molecule has 1 aliphatic carbocycles. The maximum atomic E-state index is 4.89. The Morgan fingerprint density at radius 2 is 1.92 bits per heavy atom. The number of aryl methyl sites for hydroxylation is 1. The van der Waals surface area contributed by atoms with Crippen molar-refractivity contribution >= 4 is 17.2 Å². The van der Waals surface area contributed by atoms with Gasteiger partial charge in [-0.15, -0.1) is 0 Å². The number of hydrogen-bond acceptors (Lipinski definition) is 4. The van der Waals surface area contributed by atoms with Crippen molar-refractivity contribution in [3.05, 3.63) is 42.1 Å². The molecule has 0 atom stereocenters. The summed E-state index contributed by atoms with van der Waals surface area (Å²) in [6, 6.07) is 11.1. The normalized spacial score (nSPS) is 15.4. The summed E-state index contributed by atoms with van der Waals surface area (Å²) in [5.41, 5.74) is 5.19. The van der Waals surface area contributed by atoms with Crippen LogP contribution >= 0.6 is 0 Å². The summed E-state index contributed by atoms with van der Waals surface area (Å²) in [6.07, 6.45) is 8.25. The van der Waals surface area contributed by atoms with Crippen molar-refractivity contribution in [3.8, 4) is 11.3 Å². The fourth-order valence-corrected chi connectivity index (χ4v) is 3.70. The van der Waals surface area contributed by atoms with Gasteiger partial charge in [-0.2, -0.15) is 9.61 Å². The lowest BCUT2D eigenvalue weighted by atomic mass is 9.95. The van der Waals surface area contributed by atoms with Crippen molar-refractivity contribution < 1.29 is 0 Å². The lowest BCUT2D eigenvalue weighted by molar-refractivity contribution is 0.461. The Bertz CT molecular complexity index is 877. The van der Waals surface area contributed by atoms with Crippen LogP contribution in [0.5, 0.6) is 0 Å². The summed E-state index contributed by atoms with van der Waals surface area (Å²) in [7, 11) is 1.91. The van der Waals surface area contributed by atoms with E-state index in [4.69, 9.17) is 4.98 Å². The molecule has 1 aromatic carbocycles. The highest BCUT2D eigenvalue weighted by atomic mass is 15.3. The summed E-state index contributed by atoms with van der Waals surface area (Å²) in [5.74, 6) is 1.02. The van der Waals surface area contributed by atoms with Gasteiger partial charge < -0.3 is 10.6 Å². The van der Waals surface area contributed by atoms with Crippen molar-refractivity contribution in [1.82, 2.24) is 14.6 Å². The molecule has 5 heteroatoms. The molecule has 5 nitrogen and oxygen atoms in total. The number of aromatic nitrogens is 3. The van der Waals surface area contributed by atoms with E-state index in [2.05, 4.69) is 53.0 Å². The van der Waals surface area contributed by atoms with Crippen molar-refractivity contribution in [3.63, 3.8) is 0 Å². The van der Waals surface area contributed by atoms with E-state index >= 15 is 0 Å². The van der Waals surface area contributed by atoms with Gasteiger partial charge in [0.25, 0.3) is 0 Å². The van der Waals surface area contributed by atoms with E-state index in [0.29, 0.717) is 6.04 Å². The Morgan fingerprint density at radius 1 is 1.12 bits per heavy atom. The number of rotatable bonds is 4. The predicted octanol–water partition coefficient (Wildman–Crippen LogP) is 4.49. The Balaban J connectivity index is 1.82. The summed E-state index contributed by atoms with van der Waals surface area (Å²) in [5, 5.41) is 11.5. The van der Waals surface area contributed by atoms with E-state index in [-0.39, 0.29) is 0 Å². The molecular weight excluding hydrogens is 310 g/mol. The lowest BCUT2D eigenvalue weighted by Crippen LogP contribution is -2.24. The molecule has 4 rings (SSSR count). The molecule has 2 heterocycles. The average Bonchev–Trinajstić information content (AvgIpc) is 3.06. The third-order valence-electron chi connectivity index (χ3n) is 5.12. The first-order chi connectivity index (χ1) is 12.3. The molecule has 25 heavy (non-hydrogen) atoms. The zero-order valence-electron chi connectivity index (χ0n) is 14.9.